The highest BCUT2D eigenvalue weighted by atomic mass is 32.2. The van der Waals surface area contributed by atoms with Crippen LogP contribution in [-0.4, -0.2) is 39.4 Å². The van der Waals surface area contributed by atoms with Gasteiger partial charge in [-0.3, -0.25) is 14.9 Å². The summed E-state index contributed by atoms with van der Waals surface area (Å²) in [5.41, 5.74) is -0.0474. The summed E-state index contributed by atoms with van der Waals surface area (Å²) in [7, 11) is -3.80. The quantitative estimate of drug-likeness (QED) is 0.502. The molecule has 0 saturated heterocycles. The first-order chi connectivity index (χ1) is 12.8. The van der Waals surface area contributed by atoms with Gasteiger partial charge in [-0.05, 0) is 29.6 Å². The van der Waals surface area contributed by atoms with E-state index < -0.39 is 34.4 Å². The summed E-state index contributed by atoms with van der Waals surface area (Å²) in [6.07, 6.45) is 1.38. The lowest BCUT2D eigenvalue weighted by atomic mass is 10.2. The lowest BCUT2D eigenvalue weighted by molar-refractivity contribution is -0.123. The topological polar surface area (TPSA) is 119 Å². The predicted octanol–water partition coefficient (Wildman–Crippen LogP) is 1.33. The van der Waals surface area contributed by atoms with Crippen LogP contribution in [0.25, 0.3) is 0 Å². The number of hydrogen-bond donors (Lipinski definition) is 2. The highest BCUT2D eigenvalue weighted by molar-refractivity contribution is 7.89. The van der Waals surface area contributed by atoms with E-state index >= 15 is 0 Å². The van der Waals surface area contributed by atoms with Crippen molar-refractivity contribution in [1.29, 1.82) is 0 Å². The number of sulfonamides is 1. The van der Waals surface area contributed by atoms with Gasteiger partial charge in [0.25, 0.3) is 11.8 Å². The van der Waals surface area contributed by atoms with Gasteiger partial charge < -0.3 is 4.74 Å². The molecular formula is C17H16N2O6S2. The van der Waals surface area contributed by atoms with Crippen molar-refractivity contribution in [2.75, 3.05) is 13.2 Å². The van der Waals surface area contributed by atoms with Gasteiger partial charge in [-0.15, -0.1) is 17.9 Å². The van der Waals surface area contributed by atoms with Gasteiger partial charge in [0.05, 0.1) is 15.3 Å². The highest BCUT2D eigenvalue weighted by Gasteiger charge is 2.17. The van der Waals surface area contributed by atoms with Gasteiger partial charge in [0.1, 0.15) is 0 Å². The van der Waals surface area contributed by atoms with Crippen LogP contribution >= 0.6 is 11.3 Å². The number of thiophene rings is 1. The van der Waals surface area contributed by atoms with Crippen LogP contribution in [0.1, 0.15) is 20.0 Å². The molecule has 2 aromatic rings. The van der Waals surface area contributed by atoms with Crippen molar-refractivity contribution >= 4 is 39.1 Å². The highest BCUT2D eigenvalue weighted by Crippen LogP contribution is 2.12. The molecule has 0 radical (unpaired) electrons. The molecule has 0 atom stereocenters. The van der Waals surface area contributed by atoms with Gasteiger partial charge in [-0.2, -0.15) is 0 Å². The van der Waals surface area contributed by atoms with E-state index in [-0.39, 0.29) is 17.0 Å². The fraction of sp³-hybridized carbons (Fsp3) is 0.118. The summed E-state index contributed by atoms with van der Waals surface area (Å²) in [6.45, 7) is 2.78. The van der Waals surface area contributed by atoms with E-state index in [0.717, 1.165) is 17.4 Å². The first kappa shape index (κ1) is 20.5. The normalized spacial score (nSPS) is 10.8. The molecule has 0 bridgehead atoms. The monoisotopic (exact) mass is 408 g/mol. The molecule has 2 amide bonds. The molecule has 0 saturated carbocycles. The van der Waals surface area contributed by atoms with E-state index in [9.17, 15) is 22.8 Å². The number of rotatable bonds is 8. The van der Waals surface area contributed by atoms with E-state index in [1.54, 1.807) is 17.5 Å². The van der Waals surface area contributed by atoms with Gasteiger partial charge in [0, 0.05) is 6.54 Å². The molecule has 27 heavy (non-hydrogen) atoms. The molecule has 0 aliphatic rings. The van der Waals surface area contributed by atoms with Gasteiger partial charge >= 0.3 is 5.97 Å². The average molecular weight is 408 g/mol. The molecule has 0 unspecified atom stereocenters. The lowest BCUT2D eigenvalue weighted by Crippen LogP contribution is -2.33. The second-order valence-corrected chi connectivity index (χ2v) is 7.81. The zero-order valence-electron chi connectivity index (χ0n) is 14.0. The minimum atomic E-state index is -3.80. The number of imide groups is 1. The number of hydrogen-bond acceptors (Lipinski definition) is 7. The average Bonchev–Trinajstić information content (AvgIpc) is 3.19. The van der Waals surface area contributed by atoms with Crippen molar-refractivity contribution in [3.8, 4) is 0 Å². The maximum Gasteiger partial charge on any atom is 0.338 e. The van der Waals surface area contributed by atoms with Crippen LogP contribution in [0.4, 0.5) is 0 Å². The van der Waals surface area contributed by atoms with Crippen LogP contribution in [0.5, 0.6) is 0 Å². The standard InChI is InChI=1S/C17H16N2O6S2/c1-2-8-18-27(23,24)13-6-3-5-12(10-13)17(22)25-11-15(20)19-16(21)14-7-4-9-26-14/h2-7,9-10,18H,1,8,11H2,(H,19,20,21). The summed E-state index contributed by atoms with van der Waals surface area (Å²) < 4.78 is 31.2. The summed E-state index contributed by atoms with van der Waals surface area (Å²) in [5.74, 6) is -2.28. The molecule has 2 rings (SSSR count). The number of ether oxygens (including phenoxy) is 1. The van der Waals surface area contributed by atoms with Crippen molar-refractivity contribution < 1.29 is 27.5 Å². The molecular weight excluding hydrogens is 392 g/mol. The summed E-state index contributed by atoms with van der Waals surface area (Å²) in [4.78, 5) is 35.7. The molecule has 2 N–H and O–H groups in total. The van der Waals surface area contributed by atoms with E-state index in [4.69, 9.17) is 4.74 Å². The van der Waals surface area contributed by atoms with Crippen molar-refractivity contribution in [3.63, 3.8) is 0 Å². The van der Waals surface area contributed by atoms with Crippen LogP contribution < -0.4 is 10.0 Å². The van der Waals surface area contributed by atoms with Crippen LogP contribution in [0.3, 0.4) is 0 Å². The Kier molecular flexibility index (Phi) is 6.99. The first-order valence-electron chi connectivity index (χ1n) is 7.59. The number of carbonyl (C=O) groups is 3. The smallest absolute Gasteiger partial charge is 0.338 e. The van der Waals surface area contributed by atoms with Crippen molar-refractivity contribution in [2.24, 2.45) is 0 Å². The SMILES string of the molecule is C=CCNS(=O)(=O)c1cccc(C(=O)OCC(=O)NC(=O)c2cccs2)c1. The third-order valence-corrected chi connectivity index (χ3v) is 5.42. The van der Waals surface area contributed by atoms with Gasteiger partial charge in [-0.25, -0.2) is 17.9 Å². The third kappa shape index (κ3) is 5.84. The molecule has 0 aliphatic heterocycles. The number of benzene rings is 1. The molecule has 1 aromatic heterocycles. The van der Waals surface area contributed by atoms with Gasteiger partial charge in [0.2, 0.25) is 10.0 Å². The van der Waals surface area contributed by atoms with Crippen LogP contribution in [0.15, 0.2) is 59.3 Å². The van der Waals surface area contributed by atoms with Crippen molar-refractivity contribution in [2.45, 2.75) is 4.90 Å². The van der Waals surface area contributed by atoms with E-state index in [0.29, 0.717) is 4.88 Å². The first-order valence-corrected chi connectivity index (χ1v) is 9.95. The van der Waals surface area contributed by atoms with Crippen molar-refractivity contribution in [1.82, 2.24) is 10.0 Å². The molecule has 1 aromatic carbocycles. The Hall–Kier alpha value is -2.82. The lowest BCUT2D eigenvalue weighted by Gasteiger charge is -2.08. The maximum atomic E-state index is 12.1. The Bertz CT molecular complexity index is 952. The molecule has 1 heterocycles. The Morgan fingerprint density at radius 1 is 1.19 bits per heavy atom. The Morgan fingerprint density at radius 3 is 2.63 bits per heavy atom. The minimum absolute atomic E-state index is 0.0372. The van der Waals surface area contributed by atoms with E-state index in [1.807, 2.05) is 0 Å². The maximum absolute atomic E-state index is 12.1. The van der Waals surface area contributed by atoms with Crippen LogP contribution in [0.2, 0.25) is 0 Å². The predicted molar refractivity (Wildman–Crippen MR) is 98.9 cm³/mol. The Labute approximate surface area is 159 Å². The number of amides is 2. The van der Waals surface area contributed by atoms with E-state index in [2.05, 4.69) is 16.6 Å². The second kappa shape index (κ2) is 9.21. The summed E-state index contributed by atoms with van der Waals surface area (Å²) in [6, 6.07) is 8.38. The molecule has 142 valence electrons. The van der Waals surface area contributed by atoms with Crippen LogP contribution in [0, 0.1) is 0 Å². The van der Waals surface area contributed by atoms with E-state index in [1.165, 1.54) is 24.3 Å². The molecule has 8 nitrogen and oxygen atoms in total. The van der Waals surface area contributed by atoms with Crippen LogP contribution in [-0.2, 0) is 19.6 Å². The Morgan fingerprint density at radius 2 is 1.96 bits per heavy atom. The number of carbonyl (C=O) groups excluding carboxylic acids is 3. The van der Waals surface area contributed by atoms with Crippen molar-refractivity contribution in [3.05, 3.63) is 64.9 Å². The zero-order chi connectivity index (χ0) is 19.9. The van der Waals surface area contributed by atoms with Gasteiger partial charge in [-0.1, -0.05) is 18.2 Å². The number of nitrogens with one attached hydrogen (secondary N) is 2. The number of esters is 1. The molecule has 0 aliphatic carbocycles. The summed E-state index contributed by atoms with van der Waals surface area (Å²) >= 11 is 1.16. The molecule has 0 spiro atoms. The fourth-order valence-corrected chi connectivity index (χ4v) is 3.55. The largest absolute Gasteiger partial charge is 0.452 e. The molecule has 10 heteroatoms. The summed E-state index contributed by atoms with van der Waals surface area (Å²) in [5, 5.41) is 3.77. The third-order valence-electron chi connectivity index (χ3n) is 3.13. The zero-order valence-corrected chi connectivity index (χ0v) is 15.6. The van der Waals surface area contributed by atoms with Gasteiger partial charge in [0.15, 0.2) is 6.61 Å². The molecule has 0 fully saturated rings. The minimum Gasteiger partial charge on any atom is -0.452 e. The fourth-order valence-electron chi connectivity index (χ4n) is 1.89. The Balaban J connectivity index is 1.96. The second-order valence-electron chi connectivity index (χ2n) is 5.10.